The van der Waals surface area contributed by atoms with E-state index in [9.17, 15) is 4.79 Å². The van der Waals surface area contributed by atoms with Crippen molar-refractivity contribution in [1.82, 2.24) is 24.1 Å². The second-order valence-corrected chi connectivity index (χ2v) is 7.77. The van der Waals surface area contributed by atoms with Crippen LogP contribution in [-0.2, 0) is 10.3 Å². The Morgan fingerprint density at radius 2 is 2.07 bits per heavy atom. The van der Waals surface area contributed by atoms with Crippen LogP contribution < -0.4 is 5.56 Å². The maximum Gasteiger partial charge on any atom is 0.279 e. The summed E-state index contributed by atoms with van der Waals surface area (Å²) >= 11 is 6.18. The minimum Gasteiger partial charge on any atom is -0.370 e. The second-order valence-electron chi connectivity index (χ2n) is 7.34. The molecule has 0 N–H and O–H groups in total. The average Bonchev–Trinajstić information content (AvgIpc) is 3.10. The van der Waals surface area contributed by atoms with Gasteiger partial charge in [-0.05, 0) is 44.9 Å². The van der Waals surface area contributed by atoms with Crippen LogP contribution >= 0.6 is 11.6 Å². The largest absolute Gasteiger partial charge is 0.370 e. The smallest absolute Gasteiger partial charge is 0.279 e. The van der Waals surface area contributed by atoms with Gasteiger partial charge < -0.3 is 13.8 Å². The Kier molecular flexibility index (Phi) is 3.66. The number of nitrogens with zero attached hydrogens (tertiary/aromatic N) is 5. The van der Waals surface area contributed by atoms with E-state index in [0.29, 0.717) is 22.1 Å². The molecule has 0 atom stereocenters. The number of benzene rings is 1. The fourth-order valence-electron chi connectivity index (χ4n) is 3.66. The van der Waals surface area contributed by atoms with Gasteiger partial charge >= 0.3 is 0 Å². The Balaban J connectivity index is 1.80. The normalized spacial score (nSPS) is 15.8. The highest BCUT2D eigenvalue weighted by Crippen LogP contribution is 2.47. The highest BCUT2D eigenvalue weighted by atomic mass is 35.5. The predicted octanol–water partition coefficient (Wildman–Crippen LogP) is 3.57. The van der Waals surface area contributed by atoms with E-state index in [2.05, 4.69) is 15.1 Å². The first kappa shape index (κ1) is 17.4. The summed E-state index contributed by atoms with van der Waals surface area (Å²) in [7, 11) is 1.63. The van der Waals surface area contributed by atoms with Crippen LogP contribution in [0.3, 0.4) is 0 Å². The van der Waals surface area contributed by atoms with Gasteiger partial charge in [-0.3, -0.25) is 9.20 Å². The fraction of sp³-hybridized carbons (Fsp3) is 0.368. The molecule has 1 aliphatic rings. The SMILES string of the molecule is COC1(c2noc(-c3ncn4c3c(=O)n(C(C)C)c3cc(Cl)ccc34)n2)CC1. The fourth-order valence-corrected chi connectivity index (χ4v) is 3.82. The molecule has 0 aliphatic heterocycles. The quantitative estimate of drug-likeness (QED) is 0.521. The third-order valence-electron chi connectivity index (χ3n) is 5.29. The number of methoxy groups -OCH3 is 1. The number of rotatable bonds is 4. The predicted molar refractivity (Wildman–Crippen MR) is 104 cm³/mol. The van der Waals surface area contributed by atoms with Crippen LogP contribution in [0, 0.1) is 0 Å². The van der Waals surface area contributed by atoms with E-state index in [4.69, 9.17) is 20.9 Å². The van der Waals surface area contributed by atoms with Crippen molar-refractivity contribution < 1.29 is 9.26 Å². The first-order valence-electron chi connectivity index (χ1n) is 9.06. The standard InChI is InChI=1S/C19H18ClN5O3/c1-10(2)25-13-8-11(20)4-5-12(13)24-9-21-14(15(24)17(25)26)16-22-18(23-28-16)19(27-3)6-7-19/h4-5,8-10H,6-7H2,1-3H3. The van der Waals surface area contributed by atoms with Crippen molar-refractivity contribution in [3.63, 3.8) is 0 Å². The van der Waals surface area contributed by atoms with Gasteiger partial charge in [0.2, 0.25) is 5.82 Å². The number of halogens is 1. The van der Waals surface area contributed by atoms with Gasteiger partial charge in [-0.1, -0.05) is 16.8 Å². The molecule has 8 nitrogen and oxygen atoms in total. The molecule has 3 heterocycles. The Morgan fingerprint density at radius 3 is 2.75 bits per heavy atom. The van der Waals surface area contributed by atoms with Gasteiger partial charge in [0, 0.05) is 18.2 Å². The molecule has 0 saturated heterocycles. The van der Waals surface area contributed by atoms with E-state index in [1.807, 2.05) is 19.9 Å². The molecule has 1 aliphatic carbocycles. The van der Waals surface area contributed by atoms with Crippen molar-refractivity contribution in [3.8, 4) is 11.6 Å². The van der Waals surface area contributed by atoms with Gasteiger partial charge in [-0.25, -0.2) is 4.98 Å². The zero-order valence-corrected chi connectivity index (χ0v) is 16.4. The molecule has 5 rings (SSSR count). The summed E-state index contributed by atoms with van der Waals surface area (Å²) < 4.78 is 14.4. The Bertz CT molecular complexity index is 1280. The number of hydrogen-bond acceptors (Lipinski definition) is 6. The van der Waals surface area contributed by atoms with Crippen molar-refractivity contribution in [2.75, 3.05) is 7.11 Å². The average molecular weight is 400 g/mol. The third-order valence-corrected chi connectivity index (χ3v) is 5.53. The van der Waals surface area contributed by atoms with E-state index in [1.54, 1.807) is 34.5 Å². The van der Waals surface area contributed by atoms with Crippen LogP contribution in [-0.4, -0.2) is 31.2 Å². The zero-order chi connectivity index (χ0) is 19.6. The van der Waals surface area contributed by atoms with Gasteiger partial charge in [-0.2, -0.15) is 4.98 Å². The minimum absolute atomic E-state index is 0.0670. The summed E-state index contributed by atoms with van der Waals surface area (Å²) in [4.78, 5) is 22.3. The summed E-state index contributed by atoms with van der Waals surface area (Å²) in [6.07, 6.45) is 3.29. The van der Waals surface area contributed by atoms with E-state index in [1.165, 1.54) is 0 Å². The lowest BCUT2D eigenvalue weighted by molar-refractivity contribution is 0.0689. The van der Waals surface area contributed by atoms with Crippen molar-refractivity contribution >= 4 is 28.2 Å². The molecule has 0 spiro atoms. The molecule has 1 fully saturated rings. The van der Waals surface area contributed by atoms with Crippen LogP contribution in [0.4, 0.5) is 0 Å². The van der Waals surface area contributed by atoms with Crippen LogP contribution in [0.2, 0.25) is 5.02 Å². The summed E-state index contributed by atoms with van der Waals surface area (Å²) in [5.74, 6) is 0.699. The van der Waals surface area contributed by atoms with E-state index < -0.39 is 5.60 Å². The number of ether oxygens (including phenoxy) is 1. The Morgan fingerprint density at radius 1 is 1.29 bits per heavy atom. The lowest BCUT2D eigenvalue weighted by atomic mass is 10.2. The van der Waals surface area contributed by atoms with Crippen LogP contribution in [0.1, 0.15) is 38.6 Å². The van der Waals surface area contributed by atoms with Crippen molar-refractivity contribution in [3.05, 3.63) is 45.7 Å². The van der Waals surface area contributed by atoms with Gasteiger partial charge in [0.15, 0.2) is 5.69 Å². The molecular weight excluding hydrogens is 382 g/mol. The lowest BCUT2D eigenvalue weighted by Crippen LogP contribution is -2.24. The molecule has 4 aromatic rings. The monoisotopic (exact) mass is 399 g/mol. The molecule has 1 aromatic carbocycles. The molecule has 0 unspecified atom stereocenters. The van der Waals surface area contributed by atoms with Crippen molar-refractivity contribution in [2.24, 2.45) is 0 Å². The van der Waals surface area contributed by atoms with Crippen LogP contribution in [0.15, 0.2) is 33.8 Å². The van der Waals surface area contributed by atoms with E-state index in [-0.39, 0.29) is 17.5 Å². The van der Waals surface area contributed by atoms with Crippen molar-refractivity contribution in [2.45, 2.75) is 38.3 Å². The second kappa shape index (κ2) is 5.89. The molecule has 0 bridgehead atoms. The molecule has 1 saturated carbocycles. The van der Waals surface area contributed by atoms with Crippen LogP contribution in [0.25, 0.3) is 28.1 Å². The first-order valence-corrected chi connectivity index (χ1v) is 9.43. The zero-order valence-electron chi connectivity index (χ0n) is 15.6. The summed E-state index contributed by atoms with van der Waals surface area (Å²) in [6, 6.07) is 5.39. The first-order chi connectivity index (χ1) is 13.4. The van der Waals surface area contributed by atoms with E-state index >= 15 is 0 Å². The van der Waals surface area contributed by atoms with Crippen molar-refractivity contribution in [1.29, 1.82) is 0 Å². The summed E-state index contributed by atoms with van der Waals surface area (Å²) in [6.45, 7) is 3.91. The highest BCUT2D eigenvalue weighted by molar-refractivity contribution is 6.31. The maximum absolute atomic E-state index is 13.4. The number of hydrogen-bond donors (Lipinski definition) is 0. The molecular formula is C19H18ClN5O3. The summed E-state index contributed by atoms with van der Waals surface area (Å²) in [5, 5.41) is 4.62. The Labute approximate surface area is 164 Å². The highest BCUT2D eigenvalue weighted by Gasteiger charge is 2.49. The number of fused-ring (bicyclic) bond motifs is 3. The summed E-state index contributed by atoms with van der Waals surface area (Å²) in [5.41, 5.74) is 1.65. The number of aromatic nitrogens is 5. The van der Waals surface area contributed by atoms with Gasteiger partial charge in [0.1, 0.15) is 17.4 Å². The molecule has 0 radical (unpaired) electrons. The molecule has 144 valence electrons. The maximum atomic E-state index is 13.4. The minimum atomic E-state index is -0.473. The third kappa shape index (κ3) is 2.34. The molecule has 28 heavy (non-hydrogen) atoms. The topological polar surface area (TPSA) is 87.5 Å². The van der Waals surface area contributed by atoms with E-state index in [0.717, 1.165) is 23.9 Å². The van der Waals surface area contributed by atoms with Gasteiger partial charge in [-0.15, -0.1) is 0 Å². The van der Waals surface area contributed by atoms with Gasteiger partial charge in [0.25, 0.3) is 11.4 Å². The van der Waals surface area contributed by atoms with Crippen LogP contribution in [0.5, 0.6) is 0 Å². The molecule has 9 heteroatoms. The Hall–Kier alpha value is -2.71. The molecule has 3 aromatic heterocycles. The number of imidazole rings is 1. The van der Waals surface area contributed by atoms with Gasteiger partial charge in [0.05, 0.1) is 11.0 Å². The lowest BCUT2D eigenvalue weighted by Gasteiger charge is -2.15. The molecule has 0 amide bonds.